The van der Waals surface area contributed by atoms with Crippen LogP contribution in [0.15, 0.2) is 24.5 Å². The van der Waals surface area contributed by atoms with E-state index >= 15 is 0 Å². The highest BCUT2D eigenvalue weighted by Crippen LogP contribution is 2.36. The molecule has 19 heavy (non-hydrogen) atoms. The lowest BCUT2D eigenvalue weighted by atomic mass is 9.80. The van der Waals surface area contributed by atoms with Crippen LogP contribution >= 0.6 is 11.6 Å². The van der Waals surface area contributed by atoms with E-state index < -0.39 is 0 Å². The summed E-state index contributed by atoms with van der Waals surface area (Å²) >= 11 is 5.64. The van der Waals surface area contributed by atoms with Gasteiger partial charge in [-0.05, 0) is 33.3 Å². The van der Waals surface area contributed by atoms with E-state index in [1.54, 1.807) is 12.4 Å². The average molecular weight is 280 g/mol. The first kappa shape index (κ1) is 14.6. The van der Waals surface area contributed by atoms with E-state index in [2.05, 4.69) is 4.98 Å². The van der Waals surface area contributed by atoms with E-state index in [1.165, 1.54) is 0 Å². The summed E-state index contributed by atoms with van der Waals surface area (Å²) in [7, 11) is -0.373. The fourth-order valence-corrected chi connectivity index (χ4v) is 1.95. The predicted molar refractivity (Wildman–Crippen MR) is 79.7 cm³/mol. The Balaban J connectivity index is 2.22. The van der Waals surface area contributed by atoms with Crippen molar-refractivity contribution in [3.05, 3.63) is 30.1 Å². The molecule has 5 heteroatoms. The Labute approximate surface area is 120 Å². The van der Waals surface area contributed by atoms with Crippen molar-refractivity contribution in [3.63, 3.8) is 0 Å². The molecule has 1 aliphatic heterocycles. The zero-order valence-electron chi connectivity index (χ0n) is 11.8. The Morgan fingerprint density at radius 1 is 1.21 bits per heavy atom. The fraction of sp³-hybridized carbons (Fsp3) is 0.500. The number of halogens is 1. The minimum atomic E-state index is -0.373. The molecule has 1 aromatic heterocycles. The van der Waals surface area contributed by atoms with Crippen molar-refractivity contribution >= 4 is 30.3 Å². The highest BCUT2D eigenvalue weighted by atomic mass is 35.5. The van der Waals surface area contributed by atoms with Crippen molar-refractivity contribution in [2.24, 2.45) is 0 Å². The van der Waals surface area contributed by atoms with Crippen LogP contribution in [0.2, 0.25) is 0 Å². The molecule has 0 amide bonds. The molecule has 0 aromatic carbocycles. The molecular weight excluding hydrogens is 260 g/mol. The number of pyridine rings is 1. The van der Waals surface area contributed by atoms with Crippen molar-refractivity contribution in [2.75, 3.05) is 5.88 Å². The number of rotatable bonds is 3. The first-order chi connectivity index (χ1) is 8.86. The lowest BCUT2D eigenvalue weighted by Crippen LogP contribution is -2.41. The molecule has 0 spiro atoms. The lowest BCUT2D eigenvalue weighted by molar-refractivity contribution is 0.00578. The molecule has 1 fully saturated rings. The summed E-state index contributed by atoms with van der Waals surface area (Å²) in [4.78, 5) is 4.22. The van der Waals surface area contributed by atoms with Crippen LogP contribution in [-0.4, -0.2) is 29.2 Å². The number of nitrogens with zero attached hydrogens (tertiary/aromatic N) is 1. The van der Waals surface area contributed by atoms with Gasteiger partial charge in [0.05, 0.1) is 11.2 Å². The topological polar surface area (TPSA) is 31.4 Å². The lowest BCUT2D eigenvalue weighted by Gasteiger charge is -2.32. The van der Waals surface area contributed by atoms with Crippen LogP contribution in [0, 0.1) is 0 Å². The van der Waals surface area contributed by atoms with Gasteiger partial charge in [-0.25, -0.2) is 0 Å². The molecule has 102 valence electrons. The molecule has 3 nitrogen and oxygen atoms in total. The molecule has 0 aliphatic carbocycles. The summed E-state index contributed by atoms with van der Waals surface area (Å²) in [5, 5.41) is 0. The van der Waals surface area contributed by atoms with Crippen molar-refractivity contribution in [2.45, 2.75) is 38.9 Å². The predicted octanol–water partition coefficient (Wildman–Crippen LogP) is 2.63. The third-order valence-electron chi connectivity index (χ3n) is 3.71. The molecule has 1 aromatic rings. The average Bonchev–Trinajstić information content (AvgIpc) is 2.56. The standard InChI is InChI=1S/C14H19BClNO2/c1-13(2)14(3,4)19-15(18-13)12-8-11(6-5-7-16)9-17-10-12/h5-6,8-10H,7H2,1-4H3. The van der Waals surface area contributed by atoms with Crippen LogP contribution in [0.25, 0.3) is 6.08 Å². The zero-order valence-corrected chi connectivity index (χ0v) is 12.6. The Morgan fingerprint density at radius 3 is 2.42 bits per heavy atom. The van der Waals surface area contributed by atoms with Gasteiger partial charge in [0.25, 0.3) is 0 Å². The summed E-state index contributed by atoms with van der Waals surface area (Å²) < 4.78 is 12.0. The van der Waals surface area contributed by atoms with Gasteiger partial charge < -0.3 is 9.31 Å². The normalized spacial score (nSPS) is 21.2. The summed E-state index contributed by atoms with van der Waals surface area (Å²) in [6, 6.07) is 2.01. The molecule has 1 saturated heterocycles. The molecule has 0 atom stereocenters. The Bertz CT molecular complexity index is 472. The Morgan fingerprint density at radius 2 is 1.84 bits per heavy atom. The van der Waals surface area contributed by atoms with Crippen LogP contribution < -0.4 is 5.46 Å². The summed E-state index contributed by atoms with van der Waals surface area (Å²) in [6.45, 7) is 8.16. The maximum atomic E-state index is 6.00. The minimum absolute atomic E-state index is 0.334. The van der Waals surface area contributed by atoms with Gasteiger partial charge >= 0.3 is 7.12 Å². The van der Waals surface area contributed by atoms with Crippen LogP contribution in [0.1, 0.15) is 33.3 Å². The third-order valence-corrected chi connectivity index (χ3v) is 3.88. The van der Waals surface area contributed by atoms with Crippen LogP contribution in [-0.2, 0) is 9.31 Å². The monoisotopic (exact) mass is 279 g/mol. The summed E-state index contributed by atoms with van der Waals surface area (Å²) in [6.07, 6.45) is 7.39. The van der Waals surface area contributed by atoms with Gasteiger partial charge in [0.1, 0.15) is 0 Å². The van der Waals surface area contributed by atoms with Gasteiger partial charge in [-0.2, -0.15) is 0 Å². The first-order valence-corrected chi connectivity index (χ1v) is 6.92. The van der Waals surface area contributed by atoms with E-state index in [0.29, 0.717) is 5.88 Å². The summed E-state index contributed by atoms with van der Waals surface area (Å²) in [5.41, 5.74) is 1.25. The van der Waals surface area contributed by atoms with E-state index in [1.807, 2.05) is 45.9 Å². The SMILES string of the molecule is CC1(C)OB(c2cncc(C=CCCl)c2)OC1(C)C. The van der Waals surface area contributed by atoms with Crippen molar-refractivity contribution in [1.82, 2.24) is 4.98 Å². The molecule has 2 rings (SSSR count). The van der Waals surface area contributed by atoms with Crippen molar-refractivity contribution in [3.8, 4) is 0 Å². The number of hydrogen-bond acceptors (Lipinski definition) is 3. The molecule has 0 N–H and O–H groups in total. The molecule has 0 radical (unpaired) electrons. The minimum Gasteiger partial charge on any atom is -0.399 e. The van der Waals surface area contributed by atoms with E-state index in [9.17, 15) is 0 Å². The molecule has 1 aliphatic rings. The molecular formula is C14H19BClNO2. The van der Waals surface area contributed by atoms with Crippen LogP contribution in [0.4, 0.5) is 0 Å². The quantitative estimate of drug-likeness (QED) is 0.630. The van der Waals surface area contributed by atoms with Crippen molar-refractivity contribution in [1.29, 1.82) is 0 Å². The molecule has 0 saturated carbocycles. The first-order valence-electron chi connectivity index (χ1n) is 6.39. The van der Waals surface area contributed by atoms with Gasteiger partial charge in [-0.3, -0.25) is 4.98 Å². The second-order valence-corrected chi connectivity index (χ2v) is 6.01. The van der Waals surface area contributed by atoms with Gasteiger partial charge in [0, 0.05) is 23.7 Å². The molecule has 0 unspecified atom stereocenters. The van der Waals surface area contributed by atoms with E-state index in [4.69, 9.17) is 20.9 Å². The summed E-state index contributed by atoms with van der Waals surface area (Å²) in [5.74, 6) is 0.487. The number of allylic oxidation sites excluding steroid dienone is 1. The second kappa shape index (κ2) is 5.27. The van der Waals surface area contributed by atoms with Gasteiger partial charge in [-0.15, -0.1) is 11.6 Å². The van der Waals surface area contributed by atoms with Crippen LogP contribution in [0.5, 0.6) is 0 Å². The molecule has 0 bridgehead atoms. The second-order valence-electron chi connectivity index (χ2n) is 5.70. The number of hydrogen-bond donors (Lipinski definition) is 0. The highest BCUT2D eigenvalue weighted by Gasteiger charge is 2.51. The van der Waals surface area contributed by atoms with Crippen LogP contribution in [0.3, 0.4) is 0 Å². The van der Waals surface area contributed by atoms with Gasteiger partial charge in [0.15, 0.2) is 0 Å². The van der Waals surface area contributed by atoms with Gasteiger partial charge in [-0.1, -0.05) is 18.2 Å². The highest BCUT2D eigenvalue weighted by molar-refractivity contribution is 6.62. The maximum absolute atomic E-state index is 6.00. The number of alkyl halides is 1. The maximum Gasteiger partial charge on any atom is 0.496 e. The van der Waals surface area contributed by atoms with E-state index in [0.717, 1.165) is 11.0 Å². The van der Waals surface area contributed by atoms with Gasteiger partial charge in [0.2, 0.25) is 0 Å². The smallest absolute Gasteiger partial charge is 0.399 e. The Kier molecular flexibility index (Phi) is 4.04. The Hall–Kier alpha value is -0.835. The van der Waals surface area contributed by atoms with Crippen molar-refractivity contribution < 1.29 is 9.31 Å². The fourth-order valence-electron chi connectivity index (χ4n) is 1.86. The largest absolute Gasteiger partial charge is 0.496 e. The third kappa shape index (κ3) is 3.02. The number of aromatic nitrogens is 1. The van der Waals surface area contributed by atoms with E-state index in [-0.39, 0.29) is 18.3 Å². The zero-order chi connectivity index (χ0) is 14.1. The molecule has 2 heterocycles.